The van der Waals surface area contributed by atoms with Gasteiger partial charge in [-0.2, -0.15) is 5.10 Å². The van der Waals surface area contributed by atoms with Crippen molar-refractivity contribution in [1.29, 1.82) is 0 Å². The predicted molar refractivity (Wildman–Crippen MR) is 68.2 cm³/mol. The number of allylic oxidation sites excluding steroid dienone is 2. The minimum atomic E-state index is -0.891. The molecule has 3 rings (SSSR count). The first-order valence-corrected chi connectivity index (χ1v) is 6.59. The Kier molecular flexibility index (Phi) is 3.04. The summed E-state index contributed by atoms with van der Waals surface area (Å²) < 4.78 is 1.56. The largest absolute Gasteiger partial charge is 0.481 e. The molecule has 1 aromatic heterocycles. The normalized spacial score (nSPS) is 30.6. The van der Waals surface area contributed by atoms with Crippen LogP contribution in [0.2, 0.25) is 0 Å². The van der Waals surface area contributed by atoms with E-state index in [0.717, 1.165) is 6.42 Å². The van der Waals surface area contributed by atoms with Crippen molar-refractivity contribution < 1.29 is 14.7 Å². The highest BCUT2D eigenvalue weighted by Gasteiger charge is 2.51. The molecule has 20 heavy (non-hydrogen) atoms. The minimum Gasteiger partial charge on any atom is -0.481 e. The van der Waals surface area contributed by atoms with Crippen LogP contribution in [0.1, 0.15) is 12.2 Å². The first kappa shape index (κ1) is 12.8. The fourth-order valence-corrected chi connectivity index (χ4v) is 3.27. The molecule has 0 radical (unpaired) electrons. The van der Waals surface area contributed by atoms with E-state index in [1.807, 2.05) is 12.2 Å². The number of carbonyl (C=O) groups excluding carboxylic acids is 1. The van der Waals surface area contributed by atoms with Crippen molar-refractivity contribution in [2.45, 2.75) is 13.0 Å². The molecule has 106 valence electrons. The van der Waals surface area contributed by atoms with Gasteiger partial charge in [-0.3, -0.25) is 14.3 Å². The zero-order valence-electron chi connectivity index (χ0n) is 11.1. The van der Waals surface area contributed by atoms with Crippen molar-refractivity contribution in [3.63, 3.8) is 0 Å². The number of nitrogens with one attached hydrogen (secondary N) is 1. The number of carboxylic acid groups (broad SMARTS) is 1. The number of aliphatic carboxylic acids is 1. The number of amides is 1. The van der Waals surface area contributed by atoms with Gasteiger partial charge in [0.25, 0.3) is 0 Å². The number of rotatable bonds is 4. The lowest BCUT2D eigenvalue weighted by Crippen LogP contribution is -2.40. The summed E-state index contributed by atoms with van der Waals surface area (Å²) in [6.07, 6.45) is 6.21. The Labute approximate surface area is 115 Å². The number of aryl methyl sites for hydroxylation is 1. The average Bonchev–Trinajstić information content (AvgIpc) is 3.10. The van der Waals surface area contributed by atoms with E-state index in [0.29, 0.717) is 5.82 Å². The Morgan fingerprint density at radius 1 is 1.40 bits per heavy atom. The molecule has 0 spiro atoms. The molecule has 2 N–H and O–H groups in total. The standard InChI is InChI=1S/C13H16N4O3/c1-17-6-15-9(16-17)5-14-12(18)10-7-2-3-8(4-7)11(10)13(19)20/h2-3,6-8,10-11H,4-5H2,1H3,(H,14,18)(H,19,20). The molecule has 1 aromatic rings. The Morgan fingerprint density at radius 2 is 2.10 bits per heavy atom. The monoisotopic (exact) mass is 276 g/mol. The van der Waals surface area contributed by atoms with E-state index in [2.05, 4.69) is 15.4 Å². The van der Waals surface area contributed by atoms with Gasteiger partial charge in [0.1, 0.15) is 6.33 Å². The Morgan fingerprint density at radius 3 is 2.70 bits per heavy atom. The SMILES string of the molecule is Cn1cnc(CNC(=O)C2C3C=CC(C3)C2C(=O)O)n1. The van der Waals surface area contributed by atoms with Crippen molar-refractivity contribution in [3.05, 3.63) is 24.3 Å². The average molecular weight is 276 g/mol. The fourth-order valence-electron chi connectivity index (χ4n) is 3.27. The molecule has 0 aliphatic heterocycles. The second-order valence-corrected chi connectivity index (χ2v) is 5.39. The number of aromatic nitrogens is 3. The maximum atomic E-state index is 12.3. The highest BCUT2D eigenvalue weighted by atomic mass is 16.4. The van der Waals surface area contributed by atoms with Crippen LogP contribution in [0.15, 0.2) is 18.5 Å². The highest BCUT2D eigenvalue weighted by Crippen LogP contribution is 2.48. The van der Waals surface area contributed by atoms with E-state index >= 15 is 0 Å². The molecule has 1 fully saturated rings. The summed E-state index contributed by atoms with van der Waals surface area (Å²) in [6.45, 7) is 0.226. The second-order valence-electron chi connectivity index (χ2n) is 5.39. The van der Waals surface area contributed by atoms with Crippen LogP contribution in [0.3, 0.4) is 0 Å². The summed E-state index contributed by atoms with van der Waals surface area (Å²) >= 11 is 0. The predicted octanol–water partition coefficient (Wildman–Crippen LogP) is -0.0458. The number of hydrogen-bond donors (Lipinski definition) is 2. The number of carbonyl (C=O) groups is 2. The van der Waals surface area contributed by atoms with E-state index in [1.165, 1.54) is 0 Å². The van der Waals surface area contributed by atoms with Crippen LogP contribution in [-0.2, 0) is 23.2 Å². The second kappa shape index (κ2) is 4.73. The van der Waals surface area contributed by atoms with Crippen LogP contribution in [0.4, 0.5) is 0 Å². The van der Waals surface area contributed by atoms with Gasteiger partial charge in [0.05, 0.1) is 18.4 Å². The summed E-state index contributed by atoms with van der Waals surface area (Å²) in [5, 5.41) is 16.1. The van der Waals surface area contributed by atoms with E-state index in [1.54, 1.807) is 18.1 Å². The van der Waals surface area contributed by atoms with Crippen molar-refractivity contribution >= 4 is 11.9 Å². The third-order valence-electron chi connectivity index (χ3n) is 4.11. The summed E-state index contributed by atoms with van der Waals surface area (Å²) in [6, 6.07) is 0. The Hall–Kier alpha value is -2.18. The van der Waals surface area contributed by atoms with Gasteiger partial charge in [0.15, 0.2) is 5.82 Å². The molecule has 0 aromatic carbocycles. The topological polar surface area (TPSA) is 97.1 Å². The number of fused-ring (bicyclic) bond motifs is 2. The van der Waals surface area contributed by atoms with Crippen LogP contribution in [-0.4, -0.2) is 31.7 Å². The molecule has 7 nitrogen and oxygen atoms in total. The molecule has 1 heterocycles. The summed E-state index contributed by atoms with van der Waals surface area (Å²) in [5.41, 5.74) is 0. The molecule has 2 aliphatic rings. The molecule has 4 atom stereocenters. The molecule has 7 heteroatoms. The van der Waals surface area contributed by atoms with Crippen LogP contribution >= 0.6 is 0 Å². The van der Waals surface area contributed by atoms with Crippen molar-refractivity contribution in [2.24, 2.45) is 30.7 Å². The zero-order chi connectivity index (χ0) is 14.3. The first-order chi connectivity index (χ1) is 9.56. The third-order valence-corrected chi connectivity index (χ3v) is 4.11. The van der Waals surface area contributed by atoms with Gasteiger partial charge in [-0.1, -0.05) is 12.2 Å². The first-order valence-electron chi connectivity index (χ1n) is 6.59. The van der Waals surface area contributed by atoms with Gasteiger partial charge in [0, 0.05) is 7.05 Å². The van der Waals surface area contributed by atoms with Gasteiger partial charge >= 0.3 is 5.97 Å². The van der Waals surface area contributed by atoms with Crippen LogP contribution in [0, 0.1) is 23.7 Å². The Balaban J connectivity index is 1.67. The number of carboxylic acids is 1. The molecular formula is C13H16N4O3. The summed E-state index contributed by atoms with van der Waals surface area (Å²) in [7, 11) is 1.75. The van der Waals surface area contributed by atoms with Gasteiger partial charge in [-0.25, -0.2) is 4.98 Å². The lowest BCUT2D eigenvalue weighted by molar-refractivity contribution is -0.147. The van der Waals surface area contributed by atoms with E-state index in [4.69, 9.17) is 0 Å². The fraction of sp³-hybridized carbons (Fsp3) is 0.538. The molecule has 2 bridgehead atoms. The number of nitrogens with zero attached hydrogens (tertiary/aromatic N) is 3. The van der Waals surface area contributed by atoms with Gasteiger partial charge < -0.3 is 10.4 Å². The van der Waals surface area contributed by atoms with Gasteiger partial charge in [-0.05, 0) is 18.3 Å². The minimum absolute atomic E-state index is 0.0128. The molecule has 0 saturated heterocycles. The molecule has 1 saturated carbocycles. The summed E-state index contributed by atoms with van der Waals surface area (Å²) in [4.78, 5) is 27.6. The molecule has 1 amide bonds. The van der Waals surface area contributed by atoms with Crippen LogP contribution in [0.25, 0.3) is 0 Å². The third kappa shape index (κ3) is 2.09. The highest BCUT2D eigenvalue weighted by molar-refractivity contribution is 5.86. The number of hydrogen-bond acceptors (Lipinski definition) is 4. The van der Waals surface area contributed by atoms with Gasteiger partial charge in [-0.15, -0.1) is 0 Å². The Bertz CT molecular complexity index is 580. The van der Waals surface area contributed by atoms with Crippen molar-refractivity contribution in [1.82, 2.24) is 20.1 Å². The lowest BCUT2D eigenvalue weighted by Gasteiger charge is -2.23. The van der Waals surface area contributed by atoms with E-state index < -0.39 is 17.8 Å². The smallest absolute Gasteiger partial charge is 0.307 e. The molecule has 4 unspecified atom stereocenters. The lowest BCUT2D eigenvalue weighted by atomic mass is 9.82. The van der Waals surface area contributed by atoms with Gasteiger partial charge in [0.2, 0.25) is 5.91 Å². The molecule has 2 aliphatic carbocycles. The summed E-state index contributed by atoms with van der Waals surface area (Å²) in [5.74, 6) is -1.65. The van der Waals surface area contributed by atoms with E-state index in [9.17, 15) is 14.7 Å². The molecular weight excluding hydrogens is 260 g/mol. The zero-order valence-corrected chi connectivity index (χ0v) is 11.1. The quantitative estimate of drug-likeness (QED) is 0.752. The van der Waals surface area contributed by atoms with Crippen molar-refractivity contribution in [3.8, 4) is 0 Å². The maximum Gasteiger partial charge on any atom is 0.307 e. The van der Waals surface area contributed by atoms with Crippen LogP contribution < -0.4 is 5.32 Å². The maximum absolute atomic E-state index is 12.3. The van der Waals surface area contributed by atoms with Crippen molar-refractivity contribution in [2.75, 3.05) is 0 Å². The van der Waals surface area contributed by atoms with E-state index in [-0.39, 0.29) is 24.3 Å². The van der Waals surface area contributed by atoms with Crippen LogP contribution in [0.5, 0.6) is 0 Å².